The minimum atomic E-state index is 0.543. The molecule has 19 heavy (non-hydrogen) atoms. The summed E-state index contributed by atoms with van der Waals surface area (Å²) in [6.07, 6.45) is 0. The van der Waals surface area contributed by atoms with Crippen LogP contribution >= 0.6 is 11.3 Å². The Morgan fingerprint density at radius 2 is 1.79 bits per heavy atom. The first-order valence-electron chi connectivity index (χ1n) is 6.09. The van der Waals surface area contributed by atoms with E-state index >= 15 is 0 Å². The van der Waals surface area contributed by atoms with Gasteiger partial charge in [0.15, 0.2) is 0 Å². The highest BCUT2D eigenvalue weighted by atomic mass is 32.1. The van der Waals surface area contributed by atoms with Crippen molar-refractivity contribution in [3.05, 3.63) is 71.6 Å². The van der Waals surface area contributed by atoms with Gasteiger partial charge in [-0.25, -0.2) is 4.98 Å². The summed E-state index contributed by atoms with van der Waals surface area (Å²) >= 11 is 1.68. The highest BCUT2D eigenvalue weighted by molar-refractivity contribution is 7.13. The quantitative estimate of drug-likeness (QED) is 0.699. The van der Waals surface area contributed by atoms with Crippen molar-refractivity contribution in [3.8, 4) is 16.5 Å². The van der Waals surface area contributed by atoms with E-state index in [1.165, 1.54) is 0 Å². The molecule has 3 rings (SSSR count). The lowest BCUT2D eigenvalue weighted by Crippen LogP contribution is -1.97. The molecule has 0 amide bonds. The van der Waals surface area contributed by atoms with Gasteiger partial charge in [-0.2, -0.15) is 0 Å². The van der Waals surface area contributed by atoms with Crippen molar-refractivity contribution in [2.45, 2.75) is 6.61 Å². The molecule has 0 aliphatic heterocycles. The van der Waals surface area contributed by atoms with Gasteiger partial charge in [-0.3, -0.25) is 0 Å². The van der Waals surface area contributed by atoms with Gasteiger partial charge in [0.1, 0.15) is 6.61 Å². The molecular formula is C16H13NOS. The zero-order valence-electron chi connectivity index (χ0n) is 10.3. The number of hydrogen-bond donors (Lipinski definition) is 0. The van der Waals surface area contributed by atoms with Gasteiger partial charge >= 0.3 is 0 Å². The van der Waals surface area contributed by atoms with Crippen LogP contribution in [-0.2, 0) is 6.61 Å². The largest absolute Gasteiger partial charge is 0.473 e. The summed E-state index contributed by atoms with van der Waals surface area (Å²) in [6, 6.07) is 20.1. The molecule has 0 unspecified atom stereocenters. The maximum atomic E-state index is 5.72. The molecule has 2 aromatic heterocycles. The number of aromatic nitrogens is 1. The van der Waals surface area contributed by atoms with Crippen molar-refractivity contribution in [3.63, 3.8) is 0 Å². The Kier molecular flexibility index (Phi) is 3.56. The average molecular weight is 267 g/mol. The maximum Gasteiger partial charge on any atom is 0.214 e. The van der Waals surface area contributed by atoms with Crippen LogP contribution in [0.3, 0.4) is 0 Å². The van der Waals surface area contributed by atoms with Crippen LogP contribution in [0.5, 0.6) is 5.88 Å². The first-order valence-corrected chi connectivity index (χ1v) is 6.97. The summed E-state index contributed by atoms with van der Waals surface area (Å²) < 4.78 is 5.72. The summed E-state index contributed by atoms with van der Waals surface area (Å²) in [5.74, 6) is 0.662. The van der Waals surface area contributed by atoms with Crippen molar-refractivity contribution in [1.82, 2.24) is 4.98 Å². The van der Waals surface area contributed by atoms with Crippen molar-refractivity contribution in [1.29, 1.82) is 0 Å². The fourth-order valence-corrected chi connectivity index (χ4v) is 2.48. The third kappa shape index (κ3) is 3.01. The summed E-state index contributed by atoms with van der Waals surface area (Å²) in [5.41, 5.74) is 2.10. The normalized spacial score (nSPS) is 10.3. The van der Waals surface area contributed by atoms with Crippen LogP contribution in [0.15, 0.2) is 66.0 Å². The van der Waals surface area contributed by atoms with Gasteiger partial charge in [0.25, 0.3) is 0 Å². The molecule has 2 heterocycles. The summed E-state index contributed by atoms with van der Waals surface area (Å²) in [6.45, 7) is 0.543. The van der Waals surface area contributed by atoms with Crippen molar-refractivity contribution >= 4 is 11.3 Å². The highest BCUT2D eigenvalue weighted by Crippen LogP contribution is 2.24. The van der Waals surface area contributed by atoms with Crippen LogP contribution < -0.4 is 4.74 Å². The van der Waals surface area contributed by atoms with Gasteiger partial charge in [-0.05, 0) is 23.1 Å². The number of pyridine rings is 1. The number of nitrogens with zero attached hydrogens (tertiary/aromatic N) is 1. The third-order valence-electron chi connectivity index (χ3n) is 2.73. The van der Waals surface area contributed by atoms with Crippen LogP contribution in [-0.4, -0.2) is 4.98 Å². The predicted molar refractivity (Wildman–Crippen MR) is 78.3 cm³/mol. The Morgan fingerprint density at radius 3 is 2.58 bits per heavy atom. The molecule has 3 heteroatoms. The van der Waals surface area contributed by atoms with E-state index in [4.69, 9.17) is 4.74 Å². The smallest absolute Gasteiger partial charge is 0.214 e. The summed E-state index contributed by atoms with van der Waals surface area (Å²) in [4.78, 5) is 5.68. The van der Waals surface area contributed by atoms with Gasteiger partial charge in [0.05, 0.1) is 10.6 Å². The van der Waals surface area contributed by atoms with E-state index in [2.05, 4.69) is 16.4 Å². The SMILES string of the molecule is c1ccc(COc2cccc(-c3cccs3)n2)cc1. The Balaban J connectivity index is 1.74. The van der Waals surface area contributed by atoms with E-state index in [9.17, 15) is 0 Å². The first kappa shape index (κ1) is 11.9. The van der Waals surface area contributed by atoms with E-state index in [0.29, 0.717) is 12.5 Å². The molecule has 0 aliphatic carbocycles. The maximum absolute atomic E-state index is 5.72. The second-order valence-corrected chi connectivity index (χ2v) is 5.06. The highest BCUT2D eigenvalue weighted by Gasteiger charge is 2.02. The first-order chi connectivity index (χ1) is 9.42. The van der Waals surface area contributed by atoms with Gasteiger partial charge in [-0.15, -0.1) is 11.3 Å². The van der Waals surface area contributed by atoms with Crippen LogP contribution in [0.4, 0.5) is 0 Å². The monoisotopic (exact) mass is 267 g/mol. The van der Waals surface area contributed by atoms with Gasteiger partial charge < -0.3 is 4.74 Å². The zero-order chi connectivity index (χ0) is 12.9. The van der Waals surface area contributed by atoms with E-state index in [-0.39, 0.29) is 0 Å². The molecule has 0 bridgehead atoms. The number of thiophene rings is 1. The van der Waals surface area contributed by atoms with E-state index in [0.717, 1.165) is 16.1 Å². The lowest BCUT2D eigenvalue weighted by atomic mass is 10.2. The van der Waals surface area contributed by atoms with Crippen LogP contribution in [0.2, 0.25) is 0 Å². The molecule has 0 saturated heterocycles. The van der Waals surface area contributed by atoms with Crippen LogP contribution in [0, 0.1) is 0 Å². The molecule has 0 aliphatic rings. The molecular weight excluding hydrogens is 254 g/mol. The number of rotatable bonds is 4. The molecule has 3 aromatic rings. The topological polar surface area (TPSA) is 22.1 Å². The zero-order valence-corrected chi connectivity index (χ0v) is 11.1. The van der Waals surface area contributed by atoms with Crippen molar-refractivity contribution in [2.24, 2.45) is 0 Å². The lowest BCUT2D eigenvalue weighted by molar-refractivity contribution is 0.294. The molecule has 0 atom stereocenters. The number of ether oxygens (including phenoxy) is 1. The number of hydrogen-bond acceptors (Lipinski definition) is 3. The van der Waals surface area contributed by atoms with E-state index in [1.807, 2.05) is 54.6 Å². The minimum absolute atomic E-state index is 0.543. The van der Waals surface area contributed by atoms with Crippen molar-refractivity contribution in [2.75, 3.05) is 0 Å². The molecule has 0 N–H and O–H groups in total. The fourth-order valence-electron chi connectivity index (χ4n) is 1.79. The molecule has 0 radical (unpaired) electrons. The molecule has 0 saturated carbocycles. The van der Waals surface area contributed by atoms with Crippen LogP contribution in [0.1, 0.15) is 5.56 Å². The second-order valence-electron chi connectivity index (χ2n) is 4.11. The Morgan fingerprint density at radius 1 is 0.895 bits per heavy atom. The molecule has 0 fully saturated rings. The van der Waals surface area contributed by atoms with E-state index < -0.39 is 0 Å². The lowest BCUT2D eigenvalue weighted by Gasteiger charge is -2.06. The Labute approximate surface area is 116 Å². The fraction of sp³-hybridized carbons (Fsp3) is 0.0625. The predicted octanol–water partition coefficient (Wildman–Crippen LogP) is 4.39. The minimum Gasteiger partial charge on any atom is -0.473 e. The third-order valence-corrected chi connectivity index (χ3v) is 3.62. The summed E-state index contributed by atoms with van der Waals surface area (Å²) in [5, 5.41) is 2.05. The molecule has 2 nitrogen and oxygen atoms in total. The standard InChI is InChI=1S/C16H13NOS/c1-2-6-13(7-3-1)12-18-16-10-4-8-14(17-16)15-9-5-11-19-15/h1-11H,12H2. The van der Waals surface area contributed by atoms with Gasteiger partial charge in [0.2, 0.25) is 5.88 Å². The Bertz CT molecular complexity index is 635. The van der Waals surface area contributed by atoms with Gasteiger partial charge in [-0.1, -0.05) is 42.5 Å². The average Bonchev–Trinajstić information content (AvgIpc) is 3.01. The van der Waals surface area contributed by atoms with Crippen LogP contribution in [0.25, 0.3) is 10.6 Å². The Hall–Kier alpha value is -2.13. The molecule has 94 valence electrons. The molecule has 0 spiro atoms. The second kappa shape index (κ2) is 5.67. The van der Waals surface area contributed by atoms with Gasteiger partial charge in [0, 0.05) is 6.07 Å². The summed E-state index contributed by atoms with van der Waals surface area (Å²) in [7, 11) is 0. The molecule has 1 aromatic carbocycles. The van der Waals surface area contributed by atoms with Crippen molar-refractivity contribution < 1.29 is 4.74 Å². The van der Waals surface area contributed by atoms with E-state index in [1.54, 1.807) is 11.3 Å². The number of benzene rings is 1.